The van der Waals surface area contributed by atoms with E-state index in [0.29, 0.717) is 0 Å². The third-order valence-electron chi connectivity index (χ3n) is 4.28. The Kier molecular flexibility index (Phi) is 4.81. The van der Waals surface area contributed by atoms with E-state index in [-0.39, 0.29) is 12.1 Å². The van der Waals surface area contributed by atoms with Gasteiger partial charge in [-0.25, -0.2) is 9.78 Å². The van der Waals surface area contributed by atoms with Gasteiger partial charge in [0.2, 0.25) is 0 Å². The first-order chi connectivity index (χ1) is 11.1. The SMILES string of the molecule is Cc1ccc(NC(=O)NC2CCN(c3nccs3)CC2)cc1C. The molecule has 6 heteroatoms. The Morgan fingerprint density at radius 2 is 2.04 bits per heavy atom. The molecule has 122 valence electrons. The molecule has 2 N–H and O–H groups in total. The topological polar surface area (TPSA) is 57.3 Å². The molecule has 5 nitrogen and oxygen atoms in total. The van der Waals surface area contributed by atoms with E-state index in [1.54, 1.807) is 11.3 Å². The van der Waals surface area contributed by atoms with Gasteiger partial charge < -0.3 is 15.5 Å². The molecule has 0 bridgehead atoms. The molecule has 0 radical (unpaired) electrons. The molecule has 1 aliphatic heterocycles. The number of thiazole rings is 1. The van der Waals surface area contributed by atoms with Crippen LogP contribution in [-0.2, 0) is 0 Å². The van der Waals surface area contributed by atoms with E-state index in [1.165, 1.54) is 11.1 Å². The standard InChI is InChI=1S/C17H22N4OS/c1-12-3-4-15(11-13(12)2)20-16(22)19-14-5-8-21(9-6-14)17-18-7-10-23-17/h3-4,7,10-11,14H,5-6,8-9H2,1-2H3,(H2,19,20,22). The van der Waals surface area contributed by atoms with Gasteiger partial charge in [-0.1, -0.05) is 6.07 Å². The fraction of sp³-hybridized carbons (Fsp3) is 0.412. The van der Waals surface area contributed by atoms with Gasteiger partial charge in [-0.15, -0.1) is 11.3 Å². The van der Waals surface area contributed by atoms with Crippen molar-refractivity contribution in [2.24, 2.45) is 0 Å². The highest BCUT2D eigenvalue weighted by molar-refractivity contribution is 7.13. The van der Waals surface area contributed by atoms with Gasteiger partial charge in [0.15, 0.2) is 5.13 Å². The zero-order valence-electron chi connectivity index (χ0n) is 13.5. The van der Waals surface area contributed by atoms with Crippen LogP contribution >= 0.6 is 11.3 Å². The van der Waals surface area contributed by atoms with Crippen LogP contribution in [0.15, 0.2) is 29.8 Å². The van der Waals surface area contributed by atoms with Crippen LogP contribution in [0.25, 0.3) is 0 Å². The Bertz CT molecular complexity index is 663. The summed E-state index contributed by atoms with van der Waals surface area (Å²) in [7, 11) is 0. The average molecular weight is 330 g/mol. The molecule has 1 saturated heterocycles. The first kappa shape index (κ1) is 15.8. The quantitative estimate of drug-likeness (QED) is 0.905. The van der Waals surface area contributed by atoms with Gasteiger partial charge >= 0.3 is 6.03 Å². The Balaban J connectivity index is 1.48. The molecule has 1 aromatic carbocycles. The zero-order valence-corrected chi connectivity index (χ0v) is 14.3. The molecular weight excluding hydrogens is 308 g/mol. The molecule has 0 spiro atoms. The summed E-state index contributed by atoms with van der Waals surface area (Å²) >= 11 is 1.66. The number of nitrogens with zero attached hydrogens (tertiary/aromatic N) is 2. The van der Waals surface area contributed by atoms with E-state index >= 15 is 0 Å². The molecule has 1 aromatic heterocycles. The highest BCUT2D eigenvalue weighted by atomic mass is 32.1. The molecule has 1 fully saturated rings. The van der Waals surface area contributed by atoms with Crippen molar-refractivity contribution in [3.8, 4) is 0 Å². The second kappa shape index (κ2) is 7.00. The van der Waals surface area contributed by atoms with E-state index in [1.807, 2.05) is 36.7 Å². The number of carbonyl (C=O) groups is 1. The van der Waals surface area contributed by atoms with Gasteiger partial charge in [0.1, 0.15) is 0 Å². The molecule has 23 heavy (non-hydrogen) atoms. The van der Waals surface area contributed by atoms with Gasteiger partial charge in [-0.3, -0.25) is 0 Å². The van der Waals surface area contributed by atoms with Crippen LogP contribution in [0, 0.1) is 13.8 Å². The van der Waals surface area contributed by atoms with E-state index in [0.717, 1.165) is 36.8 Å². The lowest BCUT2D eigenvalue weighted by Crippen LogP contribution is -2.46. The van der Waals surface area contributed by atoms with Crippen molar-refractivity contribution in [3.63, 3.8) is 0 Å². The number of hydrogen-bond donors (Lipinski definition) is 2. The fourth-order valence-electron chi connectivity index (χ4n) is 2.76. The molecule has 0 atom stereocenters. The van der Waals surface area contributed by atoms with Crippen LogP contribution in [0.1, 0.15) is 24.0 Å². The minimum Gasteiger partial charge on any atom is -0.348 e. The predicted octanol–water partition coefficient (Wildman–Crippen LogP) is 3.55. The van der Waals surface area contributed by atoms with Gasteiger partial charge in [-0.05, 0) is 49.9 Å². The number of amides is 2. The maximum absolute atomic E-state index is 12.1. The molecule has 2 heterocycles. The van der Waals surface area contributed by atoms with Crippen LogP contribution in [0.3, 0.4) is 0 Å². The Morgan fingerprint density at radius 1 is 1.26 bits per heavy atom. The average Bonchev–Trinajstić information content (AvgIpc) is 3.06. The first-order valence-electron chi connectivity index (χ1n) is 7.91. The highest BCUT2D eigenvalue weighted by Gasteiger charge is 2.21. The summed E-state index contributed by atoms with van der Waals surface area (Å²) in [4.78, 5) is 18.8. The summed E-state index contributed by atoms with van der Waals surface area (Å²) in [5, 5.41) is 9.06. The molecule has 2 aromatic rings. The molecule has 0 aliphatic carbocycles. The number of carbonyl (C=O) groups excluding carboxylic acids is 1. The molecule has 3 rings (SSSR count). The second-order valence-electron chi connectivity index (χ2n) is 5.97. The Hall–Kier alpha value is -2.08. The number of benzene rings is 1. The van der Waals surface area contributed by atoms with E-state index in [2.05, 4.69) is 27.4 Å². The largest absolute Gasteiger partial charge is 0.348 e. The third kappa shape index (κ3) is 4.01. The highest BCUT2D eigenvalue weighted by Crippen LogP contribution is 2.22. The second-order valence-corrected chi connectivity index (χ2v) is 6.85. The number of nitrogens with one attached hydrogen (secondary N) is 2. The lowest BCUT2D eigenvalue weighted by atomic mass is 10.1. The monoisotopic (exact) mass is 330 g/mol. The predicted molar refractivity (Wildman–Crippen MR) is 95.4 cm³/mol. The number of urea groups is 1. The van der Waals surface area contributed by atoms with Crippen molar-refractivity contribution < 1.29 is 4.79 Å². The number of anilines is 2. The van der Waals surface area contributed by atoms with Crippen LogP contribution in [0.4, 0.5) is 15.6 Å². The molecule has 0 unspecified atom stereocenters. The van der Waals surface area contributed by atoms with Crippen molar-refractivity contribution in [2.75, 3.05) is 23.3 Å². The number of rotatable bonds is 3. The van der Waals surface area contributed by atoms with Crippen molar-refractivity contribution in [1.29, 1.82) is 0 Å². The maximum Gasteiger partial charge on any atom is 0.319 e. The normalized spacial score (nSPS) is 15.5. The van der Waals surface area contributed by atoms with Crippen molar-refractivity contribution in [3.05, 3.63) is 40.9 Å². The van der Waals surface area contributed by atoms with Crippen molar-refractivity contribution in [1.82, 2.24) is 10.3 Å². The maximum atomic E-state index is 12.1. The minimum absolute atomic E-state index is 0.124. The summed E-state index contributed by atoms with van der Waals surface area (Å²) in [6.07, 6.45) is 3.72. The van der Waals surface area contributed by atoms with Crippen LogP contribution in [0.5, 0.6) is 0 Å². The minimum atomic E-state index is -0.124. The van der Waals surface area contributed by atoms with Crippen LogP contribution < -0.4 is 15.5 Å². The van der Waals surface area contributed by atoms with Crippen molar-refractivity contribution >= 4 is 28.2 Å². The summed E-state index contributed by atoms with van der Waals surface area (Å²) in [6.45, 7) is 5.98. The fourth-order valence-corrected chi connectivity index (χ4v) is 3.46. The van der Waals surface area contributed by atoms with Gasteiger partial charge in [0, 0.05) is 36.4 Å². The van der Waals surface area contributed by atoms with Crippen LogP contribution in [0.2, 0.25) is 0 Å². The summed E-state index contributed by atoms with van der Waals surface area (Å²) in [5.74, 6) is 0. The lowest BCUT2D eigenvalue weighted by Gasteiger charge is -2.32. The number of piperidine rings is 1. The number of aromatic nitrogens is 1. The van der Waals surface area contributed by atoms with Gasteiger partial charge in [0.05, 0.1) is 0 Å². The van der Waals surface area contributed by atoms with E-state index in [9.17, 15) is 4.79 Å². The molecule has 2 amide bonds. The summed E-state index contributed by atoms with van der Waals surface area (Å²) < 4.78 is 0. The molecule has 1 aliphatic rings. The van der Waals surface area contributed by atoms with Gasteiger partial charge in [0.25, 0.3) is 0 Å². The summed E-state index contributed by atoms with van der Waals surface area (Å²) in [6, 6.07) is 6.06. The van der Waals surface area contributed by atoms with Gasteiger partial charge in [-0.2, -0.15) is 0 Å². The smallest absolute Gasteiger partial charge is 0.319 e. The number of aryl methyl sites for hydroxylation is 2. The first-order valence-corrected chi connectivity index (χ1v) is 8.79. The summed E-state index contributed by atoms with van der Waals surface area (Å²) in [5.41, 5.74) is 3.25. The van der Waals surface area contributed by atoms with E-state index < -0.39 is 0 Å². The zero-order chi connectivity index (χ0) is 16.2. The van der Waals surface area contributed by atoms with E-state index in [4.69, 9.17) is 0 Å². The number of hydrogen-bond acceptors (Lipinski definition) is 4. The Labute approximate surface area is 140 Å². The van der Waals surface area contributed by atoms with Crippen LogP contribution in [-0.4, -0.2) is 30.1 Å². The Morgan fingerprint density at radius 3 is 2.70 bits per heavy atom. The third-order valence-corrected chi connectivity index (χ3v) is 5.12. The molecular formula is C17H22N4OS. The molecule has 0 saturated carbocycles. The van der Waals surface area contributed by atoms with Crippen molar-refractivity contribution in [2.45, 2.75) is 32.7 Å². The lowest BCUT2D eigenvalue weighted by molar-refractivity contribution is 0.246.